The molecule has 0 spiro atoms. The topological polar surface area (TPSA) is 148 Å². The van der Waals surface area contributed by atoms with Crippen LogP contribution in [0, 0.1) is 0 Å². The van der Waals surface area contributed by atoms with Gasteiger partial charge < -0.3 is 43.8 Å². The lowest BCUT2D eigenvalue weighted by molar-refractivity contribution is -0.278. The van der Waals surface area contributed by atoms with Crippen LogP contribution in [0.3, 0.4) is 0 Å². The summed E-state index contributed by atoms with van der Waals surface area (Å²) in [5.74, 6) is 0.223. The standard InChI is InChI=1S/C33H44O10/c1-2-3-4-5-6-7-8-9-13-18-39-23-16-17-24-25(19-23)41-32(38)31(30(24)40-21-22-14-11-10-12-15-22)43-33-29(37)28(36)27(35)26(20-34)42-33/h10-12,14-17,19,26-29,33-37H,2-9,13,18,20-21H2,1H3/t26-,27-,28+,29+,33+/m1/s1. The molecular formula is C33H44O10. The number of hydrogen-bond donors (Lipinski definition) is 4. The van der Waals surface area contributed by atoms with Crippen LogP contribution < -0.4 is 19.8 Å². The molecule has 1 aliphatic heterocycles. The molecule has 0 aliphatic carbocycles. The van der Waals surface area contributed by atoms with Crippen LogP contribution >= 0.6 is 0 Å². The molecule has 5 atom stereocenters. The van der Waals surface area contributed by atoms with E-state index in [1.807, 2.05) is 30.3 Å². The maximum Gasteiger partial charge on any atom is 0.383 e. The average molecular weight is 601 g/mol. The Morgan fingerprint density at radius 1 is 0.791 bits per heavy atom. The molecular weight excluding hydrogens is 556 g/mol. The van der Waals surface area contributed by atoms with Crippen LogP contribution in [0.5, 0.6) is 17.2 Å². The molecule has 0 saturated carbocycles. The number of fused-ring (bicyclic) bond motifs is 1. The molecule has 4 rings (SSSR count). The van der Waals surface area contributed by atoms with Crippen molar-refractivity contribution in [1.29, 1.82) is 0 Å². The van der Waals surface area contributed by atoms with Crippen LogP contribution in [0.4, 0.5) is 0 Å². The number of aliphatic hydroxyl groups is 4. The lowest BCUT2D eigenvalue weighted by atomic mass is 9.99. The lowest BCUT2D eigenvalue weighted by Crippen LogP contribution is -2.60. The maximum absolute atomic E-state index is 13.2. The number of rotatable bonds is 17. The predicted octanol–water partition coefficient (Wildman–Crippen LogP) is 4.46. The summed E-state index contributed by atoms with van der Waals surface area (Å²) in [7, 11) is 0. The van der Waals surface area contributed by atoms with Crippen molar-refractivity contribution in [3.63, 3.8) is 0 Å². The Morgan fingerprint density at radius 2 is 1.49 bits per heavy atom. The molecule has 10 nitrogen and oxygen atoms in total. The minimum absolute atomic E-state index is 0.0533. The van der Waals surface area contributed by atoms with Gasteiger partial charge in [0.25, 0.3) is 5.75 Å². The van der Waals surface area contributed by atoms with Crippen LogP contribution in [0.15, 0.2) is 57.7 Å². The summed E-state index contributed by atoms with van der Waals surface area (Å²) in [6.07, 6.45) is 3.14. The fourth-order valence-corrected chi connectivity index (χ4v) is 5.08. The Kier molecular flexibility index (Phi) is 12.7. The highest BCUT2D eigenvalue weighted by atomic mass is 16.7. The Hall–Kier alpha value is -3.15. The van der Waals surface area contributed by atoms with Gasteiger partial charge in [-0.2, -0.15) is 0 Å². The van der Waals surface area contributed by atoms with Crippen molar-refractivity contribution in [3.05, 3.63) is 64.5 Å². The smallest absolute Gasteiger partial charge is 0.383 e. The molecule has 236 valence electrons. The van der Waals surface area contributed by atoms with Gasteiger partial charge in [0.2, 0.25) is 6.29 Å². The van der Waals surface area contributed by atoms with Crippen molar-refractivity contribution in [3.8, 4) is 17.2 Å². The van der Waals surface area contributed by atoms with Crippen LogP contribution in [0.1, 0.15) is 70.3 Å². The molecule has 1 fully saturated rings. The van der Waals surface area contributed by atoms with E-state index in [9.17, 15) is 25.2 Å². The van der Waals surface area contributed by atoms with Crippen molar-refractivity contribution < 1.29 is 43.8 Å². The van der Waals surface area contributed by atoms with Gasteiger partial charge in [0.05, 0.1) is 18.6 Å². The summed E-state index contributed by atoms with van der Waals surface area (Å²) in [5, 5.41) is 40.7. The molecule has 2 aromatic carbocycles. The highest BCUT2D eigenvalue weighted by Crippen LogP contribution is 2.37. The van der Waals surface area contributed by atoms with Crippen molar-refractivity contribution in [1.82, 2.24) is 0 Å². The third-order valence-electron chi connectivity index (χ3n) is 7.62. The molecule has 0 unspecified atom stereocenters. The zero-order valence-electron chi connectivity index (χ0n) is 24.7. The SMILES string of the molecule is CCCCCCCCCCCOc1ccc2c(OCc3ccccc3)c(O[C@@H]3O[C@H](CO)[C@@H](O)[C@H](O)[C@@H]3O)c(=O)oc2c1. The van der Waals surface area contributed by atoms with E-state index < -0.39 is 42.9 Å². The number of hydrogen-bond acceptors (Lipinski definition) is 10. The van der Waals surface area contributed by atoms with Crippen LogP contribution in [0.2, 0.25) is 0 Å². The highest BCUT2D eigenvalue weighted by Gasteiger charge is 2.45. The fraction of sp³-hybridized carbons (Fsp3) is 0.545. The van der Waals surface area contributed by atoms with E-state index in [2.05, 4.69) is 6.92 Å². The quantitative estimate of drug-likeness (QED) is 0.129. The van der Waals surface area contributed by atoms with Gasteiger partial charge in [0.1, 0.15) is 42.4 Å². The minimum atomic E-state index is -1.72. The van der Waals surface area contributed by atoms with E-state index in [1.54, 1.807) is 18.2 Å². The first-order chi connectivity index (χ1) is 20.9. The van der Waals surface area contributed by atoms with Gasteiger partial charge in [0.15, 0.2) is 5.75 Å². The van der Waals surface area contributed by atoms with Gasteiger partial charge in [-0.15, -0.1) is 0 Å². The van der Waals surface area contributed by atoms with Crippen molar-refractivity contribution in [2.75, 3.05) is 13.2 Å². The zero-order valence-corrected chi connectivity index (χ0v) is 24.7. The second kappa shape index (κ2) is 16.6. The molecule has 0 bridgehead atoms. The average Bonchev–Trinajstić information content (AvgIpc) is 3.02. The Balaban J connectivity index is 1.48. The summed E-state index contributed by atoms with van der Waals surface area (Å²) in [4.78, 5) is 13.2. The van der Waals surface area contributed by atoms with E-state index in [-0.39, 0.29) is 23.7 Å². The van der Waals surface area contributed by atoms with E-state index in [1.165, 1.54) is 44.9 Å². The van der Waals surface area contributed by atoms with E-state index in [0.29, 0.717) is 17.7 Å². The second-order valence-electron chi connectivity index (χ2n) is 11.0. The summed E-state index contributed by atoms with van der Waals surface area (Å²) >= 11 is 0. The predicted molar refractivity (Wildman–Crippen MR) is 160 cm³/mol. The van der Waals surface area contributed by atoms with Crippen molar-refractivity contribution in [2.24, 2.45) is 0 Å². The number of unbranched alkanes of at least 4 members (excludes halogenated alkanes) is 8. The maximum atomic E-state index is 13.2. The highest BCUT2D eigenvalue weighted by molar-refractivity contribution is 5.86. The van der Waals surface area contributed by atoms with Gasteiger partial charge in [-0.1, -0.05) is 88.6 Å². The monoisotopic (exact) mass is 600 g/mol. The summed E-state index contributed by atoms with van der Waals surface area (Å²) in [5.41, 5.74) is 0.158. The van der Waals surface area contributed by atoms with E-state index in [4.69, 9.17) is 23.4 Å². The Bertz CT molecular complexity index is 1310. The summed E-state index contributed by atoms with van der Waals surface area (Å²) in [6.45, 7) is 2.22. The number of ether oxygens (including phenoxy) is 4. The molecule has 3 aromatic rings. The zero-order chi connectivity index (χ0) is 30.6. The first kappa shape index (κ1) is 32.8. The third-order valence-corrected chi connectivity index (χ3v) is 7.62. The third kappa shape index (κ3) is 8.93. The Morgan fingerprint density at radius 3 is 2.19 bits per heavy atom. The molecule has 0 radical (unpaired) electrons. The first-order valence-corrected chi connectivity index (χ1v) is 15.3. The summed E-state index contributed by atoms with van der Waals surface area (Å²) in [6, 6.07) is 14.4. The minimum Gasteiger partial charge on any atom is -0.493 e. The van der Waals surface area contributed by atoms with Crippen LogP contribution in [0.25, 0.3) is 11.0 Å². The molecule has 1 aromatic heterocycles. The molecule has 1 aliphatic rings. The summed E-state index contributed by atoms with van der Waals surface area (Å²) < 4.78 is 28.8. The van der Waals surface area contributed by atoms with Gasteiger partial charge in [0, 0.05) is 6.07 Å². The largest absolute Gasteiger partial charge is 0.493 e. The van der Waals surface area contributed by atoms with Crippen molar-refractivity contribution >= 4 is 11.0 Å². The molecule has 0 amide bonds. The number of aliphatic hydroxyl groups excluding tert-OH is 4. The van der Waals surface area contributed by atoms with Gasteiger partial charge in [-0.3, -0.25) is 0 Å². The Labute approximate surface area is 251 Å². The van der Waals surface area contributed by atoms with Crippen LogP contribution in [-0.2, 0) is 11.3 Å². The normalized spacial score (nSPS) is 22.0. The molecule has 4 N–H and O–H groups in total. The molecule has 1 saturated heterocycles. The van der Waals surface area contributed by atoms with Crippen molar-refractivity contribution in [2.45, 2.75) is 102 Å². The fourth-order valence-electron chi connectivity index (χ4n) is 5.08. The van der Waals surface area contributed by atoms with Gasteiger partial charge in [-0.25, -0.2) is 4.79 Å². The molecule has 43 heavy (non-hydrogen) atoms. The first-order valence-electron chi connectivity index (χ1n) is 15.3. The second-order valence-corrected chi connectivity index (χ2v) is 11.0. The lowest BCUT2D eigenvalue weighted by Gasteiger charge is -2.39. The van der Waals surface area contributed by atoms with Gasteiger partial charge >= 0.3 is 5.63 Å². The van der Waals surface area contributed by atoms with Crippen LogP contribution in [-0.4, -0.2) is 64.3 Å². The van der Waals surface area contributed by atoms with E-state index >= 15 is 0 Å². The molecule has 2 heterocycles. The molecule has 10 heteroatoms. The number of benzene rings is 2. The van der Waals surface area contributed by atoms with Gasteiger partial charge in [-0.05, 0) is 24.1 Å². The van der Waals surface area contributed by atoms with E-state index in [0.717, 1.165) is 18.4 Å².